The molecule has 7 heteroatoms. The highest BCUT2D eigenvalue weighted by Crippen LogP contribution is 2.55. The molecule has 2 aliphatic heterocycles. The van der Waals surface area contributed by atoms with E-state index in [-0.39, 0.29) is 23.3 Å². The molecule has 3 atom stereocenters. The first-order chi connectivity index (χ1) is 14.4. The molecule has 1 fully saturated rings. The quantitative estimate of drug-likeness (QED) is 0.667. The fraction of sp³-hybridized carbons (Fsp3) is 0.217. The van der Waals surface area contributed by atoms with Crippen LogP contribution in [0.25, 0.3) is 0 Å². The third kappa shape index (κ3) is 2.48. The molecule has 30 heavy (non-hydrogen) atoms. The maximum Gasteiger partial charge on any atom is 0.250 e. The Morgan fingerprint density at radius 2 is 1.87 bits per heavy atom. The lowest BCUT2D eigenvalue weighted by molar-refractivity contribution is -0.126. The number of furan rings is 1. The number of likely N-dealkylation sites (N-methyl/N-ethyl adjacent to an activating group) is 1. The Hall–Kier alpha value is -3.32. The van der Waals surface area contributed by atoms with Crippen LogP contribution in [-0.4, -0.2) is 30.2 Å². The number of nitrogens with one attached hydrogen (secondary N) is 1. The van der Waals surface area contributed by atoms with Crippen LogP contribution >= 0.6 is 0 Å². The molecule has 1 N–H and O–H groups in total. The van der Waals surface area contributed by atoms with Gasteiger partial charge in [0.15, 0.2) is 5.76 Å². The normalized spacial score (nSPS) is 25.5. The second kappa shape index (κ2) is 6.60. The molecule has 1 saturated heterocycles. The van der Waals surface area contributed by atoms with Gasteiger partial charge in [-0.25, -0.2) is 8.78 Å². The zero-order chi connectivity index (χ0) is 21.0. The van der Waals surface area contributed by atoms with Gasteiger partial charge in [-0.15, -0.1) is 0 Å². The summed E-state index contributed by atoms with van der Waals surface area (Å²) in [5, 5.41) is 2.81. The summed E-state index contributed by atoms with van der Waals surface area (Å²) in [5.74, 6) is -2.81. The number of fused-ring (bicyclic) bond motifs is 2. The Morgan fingerprint density at radius 3 is 2.57 bits per heavy atom. The second-order valence-corrected chi connectivity index (χ2v) is 7.77. The summed E-state index contributed by atoms with van der Waals surface area (Å²) in [6.45, 7) is 0.353. The van der Waals surface area contributed by atoms with Gasteiger partial charge in [0.2, 0.25) is 11.7 Å². The first-order valence-electron chi connectivity index (χ1n) is 9.59. The number of rotatable bonds is 3. The van der Waals surface area contributed by atoms with Gasteiger partial charge in [-0.05, 0) is 55.1 Å². The minimum atomic E-state index is -1.40. The Kier molecular flexibility index (Phi) is 4.11. The monoisotopic (exact) mass is 408 g/mol. The van der Waals surface area contributed by atoms with Crippen molar-refractivity contribution < 1.29 is 22.8 Å². The summed E-state index contributed by atoms with van der Waals surface area (Å²) in [6, 6.07) is 13.1. The lowest BCUT2D eigenvalue weighted by atomic mass is 9.71. The summed E-state index contributed by atoms with van der Waals surface area (Å²) < 4.78 is 33.1. The molecule has 152 valence electrons. The van der Waals surface area contributed by atoms with Gasteiger partial charge in [-0.3, -0.25) is 14.5 Å². The Balaban J connectivity index is 1.74. The fourth-order valence-electron chi connectivity index (χ4n) is 4.99. The highest BCUT2D eigenvalue weighted by atomic mass is 19.1. The van der Waals surface area contributed by atoms with Gasteiger partial charge in [0.05, 0.1) is 12.2 Å². The third-order valence-corrected chi connectivity index (χ3v) is 6.26. The van der Waals surface area contributed by atoms with Crippen molar-refractivity contribution in [1.29, 1.82) is 0 Å². The van der Waals surface area contributed by atoms with Crippen LogP contribution < -0.4 is 5.32 Å². The van der Waals surface area contributed by atoms with E-state index >= 15 is 0 Å². The smallest absolute Gasteiger partial charge is 0.250 e. The number of carbonyl (C=O) groups is 2. The molecule has 0 saturated carbocycles. The summed E-state index contributed by atoms with van der Waals surface area (Å²) in [7, 11) is 1.74. The predicted octanol–water partition coefficient (Wildman–Crippen LogP) is 3.93. The van der Waals surface area contributed by atoms with E-state index in [0.717, 1.165) is 5.56 Å². The highest BCUT2D eigenvalue weighted by molar-refractivity contribution is 6.11. The van der Waals surface area contributed by atoms with Crippen LogP contribution in [0.2, 0.25) is 0 Å². The molecule has 5 nitrogen and oxygen atoms in total. The van der Waals surface area contributed by atoms with Crippen molar-refractivity contribution >= 4 is 17.4 Å². The van der Waals surface area contributed by atoms with E-state index in [1.54, 1.807) is 36.2 Å². The second-order valence-electron chi connectivity index (χ2n) is 7.77. The summed E-state index contributed by atoms with van der Waals surface area (Å²) >= 11 is 0. The van der Waals surface area contributed by atoms with Crippen molar-refractivity contribution in [3.05, 3.63) is 89.4 Å². The number of amides is 1. The predicted molar refractivity (Wildman–Crippen MR) is 105 cm³/mol. The molecule has 3 heterocycles. The SMILES string of the molecule is CN1CC(c2ccc(F)cc2)C(C(=O)c2ccco2)C12C(=O)Nc1ccc(F)cc12. The van der Waals surface area contributed by atoms with Crippen LogP contribution in [0.5, 0.6) is 0 Å². The van der Waals surface area contributed by atoms with Gasteiger partial charge in [0.25, 0.3) is 0 Å². The molecular weight excluding hydrogens is 390 g/mol. The number of benzene rings is 2. The van der Waals surface area contributed by atoms with E-state index in [1.807, 2.05) is 0 Å². The van der Waals surface area contributed by atoms with Gasteiger partial charge >= 0.3 is 0 Å². The first kappa shape index (κ1) is 18.7. The van der Waals surface area contributed by atoms with E-state index in [1.165, 1.54) is 36.6 Å². The van der Waals surface area contributed by atoms with Gasteiger partial charge < -0.3 is 9.73 Å². The summed E-state index contributed by atoms with van der Waals surface area (Å²) in [4.78, 5) is 28.8. The fourth-order valence-corrected chi connectivity index (χ4v) is 4.99. The molecule has 1 amide bonds. The number of hydrogen-bond donors (Lipinski definition) is 1. The van der Waals surface area contributed by atoms with Crippen LogP contribution in [0.1, 0.15) is 27.6 Å². The molecule has 1 spiro atoms. The van der Waals surface area contributed by atoms with Crippen LogP contribution in [0.3, 0.4) is 0 Å². The minimum absolute atomic E-state index is 0.124. The number of Topliss-reactive ketones (excluding diaryl/α,β-unsaturated/α-hetero) is 1. The Labute approximate surface area is 171 Å². The average Bonchev–Trinajstić information content (AvgIpc) is 3.42. The molecule has 0 bridgehead atoms. The van der Waals surface area contributed by atoms with Gasteiger partial charge in [-0.1, -0.05) is 12.1 Å². The zero-order valence-electron chi connectivity index (χ0n) is 16.1. The van der Waals surface area contributed by atoms with Gasteiger partial charge in [0, 0.05) is 23.7 Å². The molecule has 3 unspecified atom stereocenters. The number of ketones is 1. The Bertz CT molecular complexity index is 1140. The molecule has 1 aromatic heterocycles. The molecule has 5 rings (SSSR count). The van der Waals surface area contributed by atoms with E-state index < -0.39 is 23.2 Å². The van der Waals surface area contributed by atoms with Crippen LogP contribution in [0.4, 0.5) is 14.5 Å². The number of nitrogens with zero attached hydrogens (tertiary/aromatic N) is 1. The average molecular weight is 408 g/mol. The molecule has 0 aliphatic carbocycles. The van der Waals surface area contributed by atoms with E-state index in [4.69, 9.17) is 4.42 Å². The Morgan fingerprint density at radius 1 is 1.13 bits per heavy atom. The lowest BCUT2D eigenvalue weighted by Crippen LogP contribution is -2.51. The summed E-state index contributed by atoms with van der Waals surface area (Å²) in [5.41, 5.74) is 0.220. The van der Waals surface area contributed by atoms with Crippen LogP contribution in [-0.2, 0) is 10.3 Å². The topological polar surface area (TPSA) is 62.6 Å². The van der Waals surface area contributed by atoms with E-state index in [2.05, 4.69) is 5.32 Å². The van der Waals surface area contributed by atoms with Crippen LogP contribution in [0, 0.1) is 17.6 Å². The minimum Gasteiger partial charge on any atom is -0.461 e. The molecular formula is C23H18F2N2O3. The van der Waals surface area contributed by atoms with Crippen molar-refractivity contribution in [3.63, 3.8) is 0 Å². The van der Waals surface area contributed by atoms with E-state index in [0.29, 0.717) is 17.8 Å². The molecule has 2 aliphatic rings. The van der Waals surface area contributed by atoms with Crippen molar-refractivity contribution in [2.45, 2.75) is 11.5 Å². The van der Waals surface area contributed by atoms with Crippen molar-refractivity contribution in [1.82, 2.24) is 4.90 Å². The number of carbonyl (C=O) groups excluding carboxylic acids is 2. The number of likely N-dealkylation sites (tertiary alicyclic amines) is 1. The van der Waals surface area contributed by atoms with Crippen LogP contribution in [0.15, 0.2) is 65.3 Å². The van der Waals surface area contributed by atoms with Crippen molar-refractivity contribution in [3.8, 4) is 0 Å². The molecule has 0 radical (unpaired) electrons. The lowest BCUT2D eigenvalue weighted by Gasteiger charge is -2.35. The molecule has 3 aromatic rings. The van der Waals surface area contributed by atoms with Gasteiger partial charge in [-0.2, -0.15) is 0 Å². The van der Waals surface area contributed by atoms with Gasteiger partial charge in [0.1, 0.15) is 17.2 Å². The maximum absolute atomic E-state index is 14.2. The van der Waals surface area contributed by atoms with Crippen molar-refractivity contribution in [2.75, 3.05) is 18.9 Å². The summed E-state index contributed by atoms with van der Waals surface area (Å²) in [6.07, 6.45) is 1.40. The maximum atomic E-state index is 14.2. The standard InChI is InChI=1S/C23H18F2N2O3/c1-27-12-16(13-4-6-14(24)7-5-13)20(21(28)19-3-2-10-30-19)23(27)17-11-15(25)8-9-18(17)26-22(23)29/h2-11,16,20H,12H2,1H3,(H,26,29). The van der Waals surface area contributed by atoms with E-state index in [9.17, 15) is 18.4 Å². The largest absolute Gasteiger partial charge is 0.461 e. The first-order valence-corrected chi connectivity index (χ1v) is 9.59. The number of hydrogen-bond acceptors (Lipinski definition) is 4. The highest BCUT2D eigenvalue weighted by Gasteiger charge is 2.64. The number of anilines is 1. The molecule has 2 aromatic carbocycles. The zero-order valence-corrected chi connectivity index (χ0v) is 16.1. The third-order valence-electron chi connectivity index (χ3n) is 6.26. The number of halogens is 2. The van der Waals surface area contributed by atoms with Crippen molar-refractivity contribution in [2.24, 2.45) is 5.92 Å².